The Kier molecular flexibility index (Phi) is 3.16. The van der Waals surface area contributed by atoms with Gasteiger partial charge in [-0.15, -0.1) is 0 Å². The van der Waals surface area contributed by atoms with Gasteiger partial charge in [0.15, 0.2) is 0 Å². The molecule has 0 saturated heterocycles. The summed E-state index contributed by atoms with van der Waals surface area (Å²) in [6.45, 7) is 0. The van der Waals surface area contributed by atoms with E-state index in [2.05, 4.69) is 4.98 Å². The highest BCUT2D eigenvalue weighted by molar-refractivity contribution is 5.82. The number of aliphatic hydroxyl groups excluding tert-OH is 1. The van der Waals surface area contributed by atoms with E-state index in [9.17, 15) is 13.9 Å². The van der Waals surface area contributed by atoms with Gasteiger partial charge in [0.25, 0.3) is 0 Å². The Balaban J connectivity index is 2.17. The van der Waals surface area contributed by atoms with Crippen LogP contribution in [0.2, 0.25) is 0 Å². The van der Waals surface area contributed by atoms with E-state index < -0.39 is 17.7 Å². The number of pyridine rings is 1. The largest absolute Gasteiger partial charge is 0.383 e. The van der Waals surface area contributed by atoms with Gasteiger partial charge in [-0.2, -0.15) is 0 Å². The fourth-order valence-electron chi connectivity index (χ4n) is 2.24. The van der Waals surface area contributed by atoms with Crippen LogP contribution in [-0.4, -0.2) is 10.1 Å². The smallest absolute Gasteiger partial charge is 0.129 e. The maximum Gasteiger partial charge on any atom is 0.129 e. The summed E-state index contributed by atoms with van der Waals surface area (Å²) in [5, 5.41) is 11.2. The summed E-state index contributed by atoms with van der Waals surface area (Å²) in [7, 11) is 0. The van der Waals surface area contributed by atoms with Crippen molar-refractivity contribution in [3.63, 3.8) is 0 Å². The molecular weight excluding hydrogens is 260 g/mol. The number of hydrogen-bond acceptors (Lipinski definition) is 2. The first kappa shape index (κ1) is 12.7. The minimum absolute atomic E-state index is 0.0943. The Morgan fingerprint density at radius 2 is 1.75 bits per heavy atom. The van der Waals surface area contributed by atoms with Gasteiger partial charge >= 0.3 is 0 Å². The third kappa shape index (κ3) is 2.14. The van der Waals surface area contributed by atoms with Crippen LogP contribution in [0.15, 0.2) is 54.7 Å². The van der Waals surface area contributed by atoms with Crippen LogP contribution in [0.5, 0.6) is 0 Å². The molecule has 1 atom stereocenters. The van der Waals surface area contributed by atoms with E-state index in [0.717, 1.165) is 23.6 Å². The highest BCUT2D eigenvalue weighted by atomic mass is 19.1. The number of para-hydroxylation sites is 1. The average Bonchev–Trinajstić information content (AvgIpc) is 2.48. The van der Waals surface area contributed by atoms with Crippen LogP contribution in [-0.2, 0) is 0 Å². The van der Waals surface area contributed by atoms with Crippen molar-refractivity contribution in [3.05, 3.63) is 77.5 Å². The fraction of sp³-hybridized carbons (Fsp3) is 0.0625. The Morgan fingerprint density at radius 3 is 2.60 bits per heavy atom. The Morgan fingerprint density at radius 1 is 0.950 bits per heavy atom. The molecule has 2 nitrogen and oxygen atoms in total. The lowest BCUT2D eigenvalue weighted by Crippen LogP contribution is -2.04. The third-order valence-corrected chi connectivity index (χ3v) is 3.21. The van der Waals surface area contributed by atoms with Gasteiger partial charge in [-0.1, -0.05) is 24.3 Å². The molecule has 0 amide bonds. The van der Waals surface area contributed by atoms with Gasteiger partial charge in [-0.25, -0.2) is 8.78 Å². The van der Waals surface area contributed by atoms with E-state index in [4.69, 9.17) is 0 Å². The number of hydrogen-bond donors (Lipinski definition) is 1. The first-order valence-electron chi connectivity index (χ1n) is 6.13. The van der Waals surface area contributed by atoms with Crippen molar-refractivity contribution >= 4 is 10.9 Å². The molecule has 1 N–H and O–H groups in total. The minimum atomic E-state index is -1.26. The zero-order chi connectivity index (χ0) is 14.1. The summed E-state index contributed by atoms with van der Waals surface area (Å²) in [4.78, 5) is 4.20. The topological polar surface area (TPSA) is 33.1 Å². The minimum Gasteiger partial charge on any atom is -0.383 e. The summed E-state index contributed by atoms with van der Waals surface area (Å²) in [5.74, 6) is -1.24. The zero-order valence-corrected chi connectivity index (χ0v) is 10.4. The second-order valence-electron chi connectivity index (χ2n) is 4.49. The molecular formula is C16H11F2NO. The molecule has 20 heavy (non-hydrogen) atoms. The average molecular weight is 271 g/mol. The molecule has 0 saturated carbocycles. The lowest BCUT2D eigenvalue weighted by Gasteiger charge is -2.14. The van der Waals surface area contributed by atoms with Gasteiger partial charge in [0.2, 0.25) is 0 Å². The van der Waals surface area contributed by atoms with Crippen molar-refractivity contribution in [3.8, 4) is 0 Å². The summed E-state index contributed by atoms with van der Waals surface area (Å²) < 4.78 is 27.0. The lowest BCUT2D eigenvalue weighted by molar-refractivity contribution is 0.215. The van der Waals surface area contributed by atoms with E-state index in [0.29, 0.717) is 11.1 Å². The molecule has 2 aromatic carbocycles. The van der Waals surface area contributed by atoms with Crippen LogP contribution >= 0.6 is 0 Å². The van der Waals surface area contributed by atoms with Crippen molar-refractivity contribution in [2.24, 2.45) is 0 Å². The van der Waals surface area contributed by atoms with Crippen LogP contribution in [0.4, 0.5) is 8.78 Å². The van der Waals surface area contributed by atoms with Gasteiger partial charge < -0.3 is 5.11 Å². The van der Waals surface area contributed by atoms with Crippen LogP contribution in [0.25, 0.3) is 10.9 Å². The Hall–Kier alpha value is -2.33. The SMILES string of the molecule is OC(c1cc(F)ccc1F)c1cccc2cccnc12. The van der Waals surface area contributed by atoms with E-state index in [-0.39, 0.29) is 5.56 Å². The molecule has 1 aromatic heterocycles. The predicted molar refractivity (Wildman–Crippen MR) is 72.2 cm³/mol. The zero-order valence-electron chi connectivity index (χ0n) is 10.4. The standard InChI is InChI=1S/C16H11F2NO/c17-11-6-7-14(18)13(9-11)16(20)12-5-1-3-10-4-2-8-19-15(10)12/h1-9,16,20H. The first-order valence-corrected chi connectivity index (χ1v) is 6.13. The number of aliphatic hydroxyl groups is 1. The fourth-order valence-corrected chi connectivity index (χ4v) is 2.24. The summed E-state index contributed by atoms with van der Waals surface area (Å²) in [5.41, 5.74) is 0.932. The Labute approximate surface area is 114 Å². The van der Waals surface area contributed by atoms with Crippen LogP contribution in [0.3, 0.4) is 0 Å². The summed E-state index contributed by atoms with van der Waals surface area (Å²) in [6.07, 6.45) is 0.338. The number of nitrogens with zero attached hydrogens (tertiary/aromatic N) is 1. The second-order valence-corrected chi connectivity index (χ2v) is 4.49. The summed E-state index contributed by atoms with van der Waals surface area (Å²) in [6, 6.07) is 11.9. The number of halogens is 2. The van der Waals surface area contributed by atoms with Gasteiger partial charge in [-0.3, -0.25) is 4.98 Å². The highest BCUT2D eigenvalue weighted by Crippen LogP contribution is 2.29. The quantitative estimate of drug-likeness (QED) is 0.772. The van der Waals surface area contributed by atoms with Crippen LogP contribution < -0.4 is 0 Å². The van der Waals surface area contributed by atoms with E-state index >= 15 is 0 Å². The van der Waals surface area contributed by atoms with E-state index in [1.807, 2.05) is 12.1 Å². The maximum absolute atomic E-state index is 13.8. The molecule has 1 heterocycles. The predicted octanol–water partition coefficient (Wildman–Crippen LogP) is 3.59. The number of rotatable bonds is 2. The third-order valence-electron chi connectivity index (χ3n) is 3.21. The monoisotopic (exact) mass is 271 g/mol. The van der Waals surface area contributed by atoms with Crippen molar-refractivity contribution in [1.82, 2.24) is 4.98 Å². The Bertz CT molecular complexity index is 768. The molecule has 0 aliphatic carbocycles. The van der Waals surface area contributed by atoms with Gasteiger partial charge in [0, 0.05) is 22.7 Å². The molecule has 0 fully saturated rings. The van der Waals surface area contributed by atoms with E-state index in [1.54, 1.807) is 24.4 Å². The number of fused-ring (bicyclic) bond motifs is 1. The van der Waals surface area contributed by atoms with Gasteiger partial charge in [0.05, 0.1) is 5.52 Å². The van der Waals surface area contributed by atoms with Crippen molar-refractivity contribution < 1.29 is 13.9 Å². The lowest BCUT2D eigenvalue weighted by atomic mass is 9.98. The molecule has 0 aliphatic heterocycles. The molecule has 0 spiro atoms. The highest BCUT2D eigenvalue weighted by Gasteiger charge is 2.18. The van der Waals surface area contributed by atoms with Crippen LogP contribution in [0, 0.1) is 11.6 Å². The molecule has 1 unspecified atom stereocenters. The van der Waals surface area contributed by atoms with Gasteiger partial charge in [-0.05, 0) is 24.3 Å². The van der Waals surface area contributed by atoms with E-state index in [1.165, 1.54) is 0 Å². The molecule has 3 rings (SSSR count). The summed E-state index contributed by atoms with van der Waals surface area (Å²) >= 11 is 0. The second kappa shape index (κ2) is 4.98. The molecule has 4 heteroatoms. The molecule has 0 aliphatic rings. The van der Waals surface area contributed by atoms with Crippen LogP contribution in [0.1, 0.15) is 17.2 Å². The molecule has 0 bridgehead atoms. The maximum atomic E-state index is 13.8. The van der Waals surface area contributed by atoms with Crippen molar-refractivity contribution in [1.29, 1.82) is 0 Å². The van der Waals surface area contributed by atoms with Crippen molar-refractivity contribution in [2.45, 2.75) is 6.10 Å². The molecule has 0 radical (unpaired) electrons. The molecule has 100 valence electrons. The van der Waals surface area contributed by atoms with Gasteiger partial charge in [0.1, 0.15) is 17.7 Å². The normalized spacial score (nSPS) is 12.6. The number of benzene rings is 2. The molecule has 3 aromatic rings. The number of aromatic nitrogens is 1. The first-order chi connectivity index (χ1) is 9.66. The van der Waals surface area contributed by atoms with Crippen molar-refractivity contribution in [2.75, 3.05) is 0 Å².